The van der Waals surface area contributed by atoms with E-state index in [0.717, 1.165) is 11.4 Å². The zero-order valence-corrected chi connectivity index (χ0v) is 10.6. The molecule has 0 saturated carbocycles. The van der Waals surface area contributed by atoms with Crippen LogP contribution in [0, 0.1) is 0 Å². The molecule has 1 heterocycles. The summed E-state index contributed by atoms with van der Waals surface area (Å²) < 4.78 is 0. The van der Waals surface area contributed by atoms with Crippen LogP contribution in [-0.4, -0.2) is 10.2 Å². The van der Waals surface area contributed by atoms with Crippen LogP contribution in [0.15, 0.2) is 24.3 Å². The maximum absolute atomic E-state index is 5.91. The summed E-state index contributed by atoms with van der Waals surface area (Å²) in [5.41, 5.74) is 5.25. The van der Waals surface area contributed by atoms with E-state index in [1.807, 2.05) is 12.1 Å². The fourth-order valence-electron chi connectivity index (χ4n) is 2.61. The van der Waals surface area contributed by atoms with Crippen molar-refractivity contribution in [2.24, 2.45) is 0 Å². The monoisotopic (exact) mass is 246 g/mol. The van der Waals surface area contributed by atoms with E-state index in [1.165, 1.54) is 35.4 Å². The van der Waals surface area contributed by atoms with Crippen LogP contribution in [0.1, 0.15) is 41.8 Å². The maximum atomic E-state index is 5.91. The standard InChI is InChI=1S/C14H15ClN2/c1-9(10-5-7-11(15)8-6-10)14-12-3-2-4-13(12)16-17-14/h5-9H,2-4H2,1H3,(H,16,17). The minimum absolute atomic E-state index is 0.338. The number of rotatable bonds is 2. The predicted octanol–water partition coefficient (Wildman–Crippen LogP) is 3.70. The van der Waals surface area contributed by atoms with Crippen molar-refractivity contribution in [3.05, 3.63) is 51.8 Å². The molecular formula is C14H15ClN2. The summed E-state index contributed by atoms with van der Waals surface area (Å²) in [7, 11) is 0. The maximum Gasteiger partial charge on any atom is 0.0728 e. The molecule has 0 fully saturated rings. The molecule has 0 radical (unpaired) electrons. The molecule has 1 aromatic heterocycles. The first-order chi connectivity index (χ1) is 8.25. The molecular weight excluding hydrogens is 232 g/mol. The van der Waals surface area contributed by atoms with E-state index in [9.17, 15) is 0 Å². The van der Waals surface area contributed by atoms with Gasteiger partial charge in [0.2, 0.25) is 0 Å². The van der Waals surface area contributed by atoms with Gasteiger partial charge in [0.25, 0.3) is 0 Å². The number of H-pyrrole nitrogens is 1. The third kappa shape index (κ3) is 1.87. The number of hydrogen-bond acceptors (Lipinski definition) is 1. The lowest BCUT2D eigenvalue weighted by molar-refractivity contribution is 0.798. The fourth-order valence-corrected chi connectivity index (χ4v) is 2.74. The lowest BCUT2D eigenvalue weighted by Crippen LogP contribution is -1.99. The van der Waals surface area contributed by atoms with Crippen molar-refractivity contribution in [2.45, 2.75) is 32.1 Å². The Morgan fingerprint density at radius 1 is 1.24 bits per heavy atom. The molecule has 2 aromatic rings. The number of nitrogens with zero attached hydrogens (tertiary/aromatic N) is 1. The van der Waals surface area contributed by atoms with Gasteiger partial charge in [0.15, 0.2) is 0 Å². The van der Waals surface area contributed by atoms with Crippen molar-refractivity contribution >= 4 is 11.6 Å². The van der Waals surface area contributed by atoms with Gasteiger partial charge in [-0.2, -0.15) is 5.10 Å². The first-order valence-corrected chi connectivity index (χ1v) is 6.45. The summed E-state index contributed by atoms with van der Waals surface area (Å²) in [5.74, 6) is 0.338. The molecule has 0 aliphatic heterocycles. The number of aromatic amines is 1. The van der Waals surface area contributed by atoms with Gasteiger partial charge >= 0.3 is 0 Å². The summed E-state index contributed by atoms with van der Waals surface area (Å²) >= 11 is 5.91. The SMILES string of the molecule is CC(c1ccc(Cl)cc1)c1n[nH]c2c1CCC2. The molecule has 1 aliphatic rings. The number of aryl methyl sites for hydroxylation is 1. The summed E-state index contributed by atoms with van der Waals surface area (Å²) in [4.78, 5) is 0. The van der Waals surface area contributed by atoms with Crippen LogP contribution in [0.25, 0.3) is 0 Å². The smallest absolute Gasteiger partial charge is 0.0728 e. The number of fused-ring (bicyclic) bond motifs is 1. The minimum atomic E-state index is 0.338. The first-order valence-electron chi connectivity index (χ1n) is 6.07. The second-order valence-corrected chi connectivity index (χ2v) is 5.13. The molecule has 3 rings (SSSR count). The van der Waals surface area contributed by atoms with Crippen molar-refractivity contribution in [1.29, 1.82) is 0 Å². The Morgan fingerprint density at radius 3 is 2.76 bits per heavy atom. The van der Waals surface area contributed by atoms with Gasteiger partial charge in [0.05, 0.1) is 5.69 Å². The largest absolute Gasteiger partial charge is 0.282 e. The van der Waals surface area contributed by atoms with Gasteiger partial charge < -0.3 is 0 Å². The van der Waals surface area contributed by atoms with Crippen LogP contribution in [0.2, 0.25) is 5.02 Å². The zero-order valence-electron chi connectivity index (χ0n) is 9.83. The normalized spacial score (nSPS) is 15.9. The van der Waals surface area contributed by atoms with E-state index in [4.69, 9.17) is 11.6 Å². The number of nitrogens with one attached hydrogen (secondary N) is 1. The third-order valence-corrected chi connectivity index (χ3v) is 3.87. The van der Waals surface area contributed by atoms with Crippen LogP contribution in [0.5, 0.6) is 0 Å². The number of benzene rings is 1. The fraction of sp³-hybridized carbons (Fsp3) is 0.357. The Kier molecular flexibility index (Phi) is 2.67. The molecule has 2 nitrogen and oxygen atoms in total. The van der Waals surface area contributed by atoms with E-state index in [1.54, 1.807) is 0 Å². The Morgan fingerprint density at radius 2 is 2.00 bits per heavy atom. The lowest BCUT2D eigenvalue weighted by atomic mass is 9.94. The van der Waals surface area contributed by atoms with Gasteiger partial charge in [-0.3, -0.25) is 5.10 Å². The Labute approximate surface area is 106 Å². The van der Waals surface area contributed by atoms with Gasteiger partial charge in [-0.05, 0) is 42.5 Å². The molecule has 1 unspecified atom stereocenters. The van der Waals surface area contributed by atoms with E-state index < -0.39 is 0 Å². The highest BCUT2D eigenvalue weighted by Crippen LogP contribution is 2.31. The van der Waals surface area contributed by atoms with E-state index in [0.29, 0.717) is 5.92 Å². The van der Waals surface area contributed by atoms with E-state index >= 15 is 0 Å². The molecule has 0 bridgehead atoms. The topological polar surface area (TPSA) is 28.7 Å². The molecule has 0 amide bonds. The van der Waals surface area contributed by atoms with Crippen molar-refractivity contribution in [1.82, 2.24) is 10.2 Å². The van der Waals surface area contributed by atoms with Crippen LogP contribution in [0.4, 0.5) is 0 Å². The molecule has 88 valence electrons. The molecule has 1 atom stereocenters. The predicted molar refractivity (Wildman–Crippen MR) is 69.6 cm³/mol. The average Bonchev–Trinajstić information content (AvgIpc) is 2.90. The third-order valence-electron chi connectivity index (χ3n) is 3.62. The molecule has 0 saturated heterocycles. The highest BCUT2D eigenvalue weighted by Gasteiger charge is 2.22. The number of halogens is 1. The Bertz CT molecular complexity index is 528. The van der Waals surface area contributed by atoms with Gasteiger partial charge in [0, 0.05) is 16.6 Å². The highest BCUT2D eigenvalue weighted by atomic mass is 35.5. The summed E-state index contributed by atoms with van der Waals surface area (Å²) in [6, 6.07) is 8.06. The Balaban J connectivity index is 1.95. The van der Waals surface area contributed by atoms with Crippen LogP contribution in [0.3, 0.4) is 0 Å². The average molecular weight is 247 g/mol. The lowest BCUT2D eigenvalue weighted by Gasteiger charge is -2.10. The van der Waals surface area contributed by atoms with E-state index in [-0.39, 0.29) is 0 Å². The van der Waals surface area contributed by atoms with Crippen molar-refractivity contribution in [3.8, 4) is 0 Å². The number of aromatic nitrogens is 2. The second-order valence-electron chi connectivity index (χ2n) is 4.69. The van der Waals surface area contributed by atoms with Crippen LogP contribution in [-0.2, 0) is 12.8 Å². The minimum Gasteiger partial charge on any atom is -0.282 e. The summed E-state index contributed by atoms with van der Waals surface area (Å²) in [6.07, 6.45) is 3.57. The first kappa shape index (κ1) is 10.8. The van der Waals surface area contributed by atoms with Crippen LogP contribution >= 0.6 is 11.6 Å². The van der Waals surface area contributed by atoms with E-state index in [2.05, 4.69) is 29.3 Å². The van der Waals surface area contributed by atoms with Gasteiger partial charge in [-0.15, -0.1) is 0 Å². The highest BCUT2D eigenvalue weighted by molar-refractivity contribution is 6.30. The van der Waals surface area contributed by atoms with Crippen molar-refractivity contribution < 1.29 is 0 Å². The van der Waals surface area contributed by atoms with Gasteiger partial charge in [-0.25, -0.2) is 0 Å². The van der Waals surface area contributed by atoms with Crippen molar-refractivity contribution in [2.75, 3.05) is 0 Å². The molecule has 3 heteroatoms. The molecule has 0 spiro atoms. The van der Waals surface area contributed by atoms with Crippen LogP contribution < -0.4 is 0 Å². The summed E-state index contributed by atoms with van der Waals surface area (Å²) in [5, 5.41) is 8.44. The molecule has 1 aliphatic carbocycles. The molecule has 1 aromatic carbocycles. The summed E-state index contributed by atoms with van der Waals surface area (Å²) in [6.45, 7) is 2.21. The molecule has 17 heavy (non-hydrogen) atoms. The molecule has 1 N–H and O–H groups in total. The second kappa shape index (κ2) is 4.19. The van der Waals surface area contributed by atoms with Gasteiger partial charge in [0.1, 0.15) is 0 Å². The van der Waals surface area contributed by atoms with Gasteiger partial charge in [-0.1, -0.05) is 30.7 Å². The Hall–Kier alpha value is -1.28. The van der Waals surface area contributed by atoms with Crippen molar-refractivity contribution in [3.63, 3.8) is 0 Å². The quantitative estimate of drug-likeness (QED) is 0.860. The number of hydrogen-bond donors (Lipinski definition) is 1. The zero-order chi connectivity index (χ0) is 11.8.